The van der Waals surface area contributed by atoms with Crippen LogP contribution in [-0.4, -0.2) is 36.4 Å². The fraction of sp³-hybridized carbons (Fsp3) is 0.364. The molecular weight excluding hydrogens is 340 g/mol. The number of anilines is 1. The van der Waals surface area contributed by atoms with Gasteiger partial charge in [0.05, 0.1) is 6.54 Å². The van der Waals surface area contributed by atoms with E-state index in [2.05, 4.69) is 5.32 Å². The second-order valence-electron chi connectivity index (χ2n) is 7.09. The number of carbonyl (C=O) groups excluding carboxylic acids is 2. The molecule has 0 heterocycles. The van der Waals surface area contributed by atoms with E-state index in [4.69, 9.17) is 4.74 Å². The van der Waals surface area contributed by atoms with Crippen LogP contribution in [0.15, 0.2) is 36.4 Å². The lowest BCUT2D eigenvalue weighted by Gasteiger charge is -2.22. The van der Waals surface area contributed by atoms with E-state index in [-0.39, 0.29) is 18.4 Å². The van der Waals surface area contributed by atoms with Crippen LogP contribution in [0.4, 0.5) is 5.69 Å². The molecule has 5 nitrogen and oxygen atoms in total. The predicted octanol–water partition coefficient (Wildman–Crippen LogP) is 3.78. The molecule has 0 aliphatic heterocycles. The molecule has 1 N–H and O–H groups in total. The fourth-order valence-electron chi connectivity index (χ4n) is 3.03. The molecule has 0 aliphatic rings. The molecular formula is C22H28N2O3. The second-order valence-corrected chi connectivity index (χ2v) is 7.09. The molecule has 2 rings (SSSR count). The highest BCUT2D eigenvalue weighted by Gasteiger charge is 2.21. The number of ether oxygens (including phenoxy) is 1. The van der Waals surface area contributed by atoms with Crippen LogP contribution in [0.2, 0.25) is 0 Å². The third kappa shape index (κ3) is 5.58. The minimum Gasteiger partial charge on any atom is -0.481 e. The Labute approximate surface area is 161 Å². The van der Waals surface area contributed by atoms with Gasteiger partial charge in [0, 0.05) is 12.7 Å². The van der Waals surface area contributed by atoms with Crippen molar-refractivity contribution in [2.45, 2.75) is 40.7 Å². The van der Waals surface area contributed by atoms with Gasteiger partial charge < -0.3 is 15.0 Å². The van der Waals surface area contributed by atoms with Crippen molar-refractivity contribution in [1.82, 2.24) is 4.90 Å². The van der Waals surface area contributed by atoms with Crippen molar-refractivity contribution in [2.75, 3.05) is 18.9 Å². The molecule has 0 spiro atoms. The van der Waals surface area contributed by atoms with Crippen LogP contribution in [0.5, 0.6) is 5.75 Å². The van der Waals surface area contributed by atoms with E-state index >= 15 is 0 Å². The number of aryl methyl sites for hydroxylation is 4. The van der Waals surface area contributed by atoms with Gasteiger partial charge in [-0.2, -0.15) is 0 Å². The lowest BCUT2D eigenvalue weighted by Crippen LogP contribution is -2.42. The van der Waals surface area contributed by atoms with Gasteiger partial charge in [-0.25, -0.2) is 0 Å². The number of rotatable bonds is 6. The summed E-state index contributed by atoms with van der Waals surface area (Å²) in [5.41, 5.74) is 5.08. The Morgan fingerprint density at radius 1 is 1.00 bits per heavy atom. The number of hydrogen-bond donors (Lipinski definition) is 1. The standard InChI is InChI=1S/C22H28N2O3/c1-14-7-9-19(10-8-14)27-18(5)22(26)24(6)13-20(25)23-21-16(3)11-15(2)12-17(21)4/h7-12,18H,13H2,1-6H3,(H,23,25). The summed E-state index contributed by atoms with van der Waals surface area (Å²) in [5, 5.41) is 2.91. The fourth-order valence-corrected chi connectivity index (χ4v) is 3.03. The number of amides is 2. The summed E-state index contributed by atoms with van der Waals surface area (Å²) in [6.45, 7) is 9.58. The predicted molar refractivity (Wildman–Crippen MR) is 108 cm³/mol. The van der Waals surface area contributed by atoms with E-state index < -0.39 is 6.10 Å². The molecule has 0 aromatic heterocycles. The van der Waals surface area contributed by atoms with Gasteiger partial charge in [-0.15, -0.1) is 0 Å². The Balaban J connectivity index is 1.95. The third-order valence-corrected chi connectivity index (χ3v) is 4.38. The van der Waals surface area contributed by atoms with E-state index in [1.165, 1.54) is 4.90 Å². The molecule has 0 fully saturated rings. The molecule has 0 radical (unpaired) electrons. The molecule has 27 heavy (non-hydrogen) atoms. The van der Waals surface area contributed by atoms with Crippen LogP contribution in [0.25, 0.3) is 0 Å². The summed E-state index contributed by atoms with van der Waals surface area (Å²) in [4.78, 5) is 26.3. The number of likely N-dealkylation sites (N-methyl/N-ethyl adjacent to an activating group) is 1. The van der Waals surface area contributed by atoms with E-state index in [1.807, 2.05) is 64.1 Å². The van der Waals surface area contributed by atoms with Gasteiger partial charge in [0.2, 0.25) is 5.91 Å². The number of nitrogens with one attached hydrogen (secondary N) is 1. The second kappa shape index (κ2) is 8.71. The van der Waals surface area contributed by atoms with E-state index in [0.717, 1.165) is 27.9 Å². The molecule has 144 valence electrons. The van der Waals surface area contributed by atoms with Crippen LogP contribution in [0, 0.1) is 27.7 Å². The summed E-state index contributed by atoms with van der Waals surface area (Å²) in [5.74, 6) is 0.150. The average molecular weight is 368 g/mol. The van der Waals surface area contributed by atoms with Gasteiger partial charge in [0.25, 0.3) is 5.91 Å². The van der Waals surface area contributed by atoms with Crippen LogP contribution >= 0.6 is 0 Å². The number of carbonyl (C=O) groups is 2. The number of benzene rings is 2. The van der Waals surface area contributed by atoms with E-state index in [0.29, 0.717) is 5.75 Å². The molecule has 0 saturated carbocycles. The largest absolute Gasteiger partial charge is 0.481 e. The summed E-state index contributed by atoms with van der Waals surface area (Å²) in [6, 6.07) is 11.6. The SMILES string of the molecule is Cc1ccc(OC(C)C(=O)N(C)CC(=O)Nc2c(C)cc(C)cc2C)cc1. The Bertz CT molecular complexity index is 805. The molecule has 1 unspecified atom stereocenters. The van der Waals surface area contributed by atoms with Crippen LogP contribution in [0.1, 0.15) is 29.2 Å². The molecule has 1 atom stereocenters. The topological polar surface area (TPSA) is 58.6 Å². The normalized spacial score (nSPS) is 11.6. The van der Waals surface area contributed by atoms with Crippen molar-refractivity contribution < 1.29 is 14.3 Å². The lowest BCUT2D eigenvalue weighted by atomic mass is 10.1. The van der Waals surface area contributed by atoms with Gasteiger partial charge in [-0.3, -0.25) is 9.59 Å². The summed E-state index contributed by atoms with van der Waals surface area (Å²) < 4.78 is 5.68. The van der Waals surface area contributed by atoms with Crippen LogP contribution in [0.3, 0.4) is 0 Å². The smallest absolute Gasteiger partial charge is 0.263 e. The van der Waals surface area contributed by atoms with Gasteiger partial charge in [-0.05, 0) is 57.9 Å². The minimum absolute atomic E-state index is 0.0345. The highest BCUT2D eigenvalue weighted by atomic mass is 16.5. The molecule has 0 bridgehead atoms. The summed E-state index contributed by atoms with van der Waals surface area (Å²) in [7, 11) is 1.60. The molecule has 0 aliphatic carbocycles. The summed E-state index contributed by atoms with van der Waals surface area (Å²) >= 11 is 0. The van der Waals surface area contributed by atoms with Crippen molar-refractivity contribution in [3.8, 4) is 5.75 Å². The highest BCUT2D eigenvalue weighted by Crippen LogP contribution is 2.22. The molecule has 2 aromatic carbocycles. The van der Waals surface area contributed by atoms with Crippen LogP contribution in [-0.2, 0) is 9.59 Å². The van der Waals surface area contributed by atoms with Gasteiger partial charge >= 0.3 is 0 Å². The van der Waals surface area contributed by atoms with Crippen molar-refractivity contribution >= 4 is 17.5 Å². The van der Waals surface area contributed by atoms with Gasteiger partial charge in [-0.1, -0.05) is 35.4 Å². The zero-order chi connectivity index (χ0) is 20.1. The maximum atomic E-state index is 12.5. The monoisotopic (exact) mass is 368 g/mol. The first-order chi connectivity index (χ1) is 12.7. The van der Waals surface area contributed by atoms with Crippen molar-refractivity contribution in [2.24, 2.45) is 0 Å². The Morgan fingerprint density at radius 2 is 1.56 bits per heavy atom. The molecule has 5 heteroatoms. The van der Waals surface area contributed by atoms with Crippen molar-refractivity contribution in [3.63, 3.8) is 0 Å². The van der Waals surface area contributed by atoms with E-state index in [1.54, 1.807) is 14.0 Å². The zero-order valence-corrected chi connectivity index (χ0v) is 16.9. The Kier molecular flexibility index (Phi) is 6.61. The molecule has 0 saturated heterocycles. The molecule has 2 amide bonds. The maximum Gasteiger partial charge on any atom is 0.263 e. The number of nitrogens with zero attached hydrogens (tertiary/aromatic N) is 1. The Morgan fingerprint density at radius 3 is 2.11 bits per heavy atom. The Hall–Kier alpha value is -2.82. The lowest BCUT2D eigenvalue weighted by molar-refractivity contribution is -0.139. The van der Waals surface area contributed by atoms with Crippen molar-refractivity contribution in [3.05, 3.63) is 58.7 Å². The zero-order valence-electron chi connectivity index (χ0n) is 16.9. The van der Waals surface area contributed by atoms with Crippen molar-refractivity contribution in [1.29, 1.82) is 0 Å². The quantitative estimate of drug-likeness (QED) is 0.844. The van der Waals surface area contributed by atoms with Crippen LogP contribution < -0.4 is 10.1 Å². The average Bonchev–Trinajstić information content (AvgIpc) is 2.59. The first-order valence-corrected chi connectivity index (χ1v) is 9.03. The van der Waals surface area contributed by atoms with E-state index in [9.17, 15) is 9.59 Å². The van der Waals surface area contributed by atoms with Gasteiger partial charge in [0.15, 0.2) is 6.10 Å². The third-order valence-electron chi connectivity index (χ3n) is 4.38. The first-order valence-electron chi connectivity index (χ1n) is 9.03. The first kappa shape index (κ1) is 20.5. The number of hydrogen-bond acceptors (Lipinski definition) is 3. The minimum atomic E-state index is -0.673. The summed E-state index contributed by atoms with van der Waals surface area (Å²) in [6.07, 6.45) is -0.673. The highest BCUT2D eigenvalue weighted by molar-refractivity contribution is 5.96. The molecule has 2 aromatic rings. The maximum absolute atomic E-state index is 12.5. The van der Waals surface area contributed by atoms with Gasteiger partial charge in [0.1, 0.15) is 5.75 Å².